The van der Waals surface area contributed by atoms with Crippen LogP contribution in [0.15, 0.2) is 56.2 Å². The van der Waals surface area contributed by atoms with Gasteiger partial charge in [-0.25, -0.2) is 0 Å². The summed E-state index contributed by atoms with van der Waals surface area (Å²) in [5, 5.41) is 19.7. The van der Waals surface area contributed by atoms with E-state index in [9.17, 15) is 36.2 Å². The molecular weight excluding hydrogens is 555 g/mol. The zero-order valence-corrected chi connectivity index (χ0v) is 21.7. The van der Waals surface area contributed by atoms with Gasteiger partial charge >= 0.3 is 0 Å². The summed E-state index contributed by atoms with van der Waals surface area (Å²) in [6.07, 6.45) is 2.23. The van der Waals surface area contributed by atoms with Crippen LogP contribution in [-0.4, -0.2) is 48.6 Å². The first-order chi connectivity index (χ1) is 16.6. The number of aryl methyl sites for hydroxylation is 2. The molecule has 0 aliphatic heterocycles. The fourth-order valence-corrected chi connectivity index (χ4v) is 4.62. The molecule has 0 radical (unpaired) electrons. The molecule has 190 valence electrons. The van der Waals surface area contributed by atoms with Gasteiger partial charge in [0.25, 0.3) is 20.2 Å². The maximum atomic E-state index is 11.5. The minimum atomic E-state index is -4.60. The Morgan fingerprint density at radius 1 is 0.667 bits per heavy atom. The van der Waals surface area contributed by atoms with E-state index in [0.29, 0.717) is 0 Å². The van der Waals surface area contributed by atoms with Gasteiger partial charge in [-0.2, -0.15) is 16.8 Å². The molecule has 0 amide bonds. The summed E-state index contributed by atoms with van der Waals surface area (Å²) in [7, 11) is -9.21. The Bertz CT molecular complexity index is 1530. The van der Waals surface area contributed by atoms with E-state index >= 15 is 0 Å². The molecule has 0 aliphatic rings. The molecule has 0 bridgehead atoms. The van der Waals surface area contributed by atoms with Gasteiger partial charge in [0, 0.05) is 23.6 Å². The Balaban J connectivity index is 2.11. The van der Waals surface area contributed by atoms with E-state index < -0.39 is 41.5 Å². The Morgan fingerprint density at radius 2 is 1.00 bits per heavy atom. The monoisotopic (exact) mass is 572 g/mol. The topological polar surface area (TPSA) is 174 Å². The van der Waals surface area contributed by atoms with Gasteiger partial charge in [0.1, 0.15) is 11.5 Å². The van der Waals surface area contributed by atoms with Crippen molar-refractivity contribution in [3.05, 3.63) is 68.7 Å². The fourth-order valence-electron chi connectivity index (χ4n) is 2.95. The maximum Gasteiger partial charge on any atom is 0.294 e. The molecule has 0 fully saturated rings. The SMILES string of the molecule is Cc1cc(N=Cc2cc(S(=O)(=O)O)cc(Cl)c2O)c(N=Cc2cc(S(=O)(=O)O)cc(Cl)c2O)cc1C. The molecular formula is C22H18Cl2N2O8S2. The first-order valence-electron chi connectivity index (χ1n) is 9.77. The van der Waals surface area contributed by atoms with Crippen LogP contribution in [0, 0.1) is 13.8 Å². The van der Waals surface area contributed by atoms with Gasteiger partial charge in [-0.15, -0.1) is 0 Å². The van der Waals surface area contributed by atoms with Crippen molar-refractivity contribution in [2.75, 3.05) is 0 Å². The first kappa shape index (κ1) is 27.6. The van der Waals surface area contributed by atoms with Gasteiger partial charge in [-0.05, 0) is 61.4 Å². The van der Waals surface area contributed by atoms with Crippen LogP contribution < -0.4 is 0 Å². The van der Waals surface area contributed by atoms with Crippen LogP contribution in [-0.2, 0) is 20.2 Å². The lowest BCUT2D eigenvalue weighted by Gasteiger charge is -2.08. The van der Waals surface area contributed by atoms with E-state index in [0.717, 1.165) is 47.8 Å². The van der Waals surface area contributed by atoms with Crippen molar-refractivity contribution in [3.63, 3.8) is 0 Å². The van der Waals surface area contributed by atoms with Crippen molar-refractivity contribution >= 4 is 67.2 Å². The third kappa shape index (κ3) is 6.22. The van der Waals surface area contributed by atoms with E-state index in [4.69, 9.17) is 23.2 Å². The highest BCUT2D eigenvalue weighted by atomic mass is 35.5. The van der Waals surface area contributed by atoms with Crippen LogP contribution in [0.25, 0.3) is 0 Å². The molecule has 0 unspecified atom stereocenters. The molecule has 10 nitrogen and oxygen atoms in total. The summed E-state index contributed by atoms with van der Waals surface area (Å²) in [4.78, 5) is 7.42. The number of nitrogens with zero attached hydrogens (tertiary/aromatic N) is 2. The Kier molecular flexibility index (Phi) is 7.79. The average molecular weight is 573 g/mol. The van der Waals surface area contributed by atoms with Crippen molar-refractivity contribution in [2.45, 2.75) is 23.6 Å². The highest BCUT2D eigenvalue weighted by Crippen LogP contribution is 2.35. The first-order valence-corrected chi connectivity index (χ1v) is 13.4. The van der Waals surface area contributed by atoms with E-state index in [1.807, 2.05) is 0 Å². The number of halogens is 2. The van der Waals surface area contributed by atoms with Crippen molar-refractivity contribution < 1.29 is 36.2 Å². The minimum absolute atomic E-state index is 0.103. The molecule has 3 aromatic carbocycles. The van der Waals surface area contributed by atoms with Crippen LogP contribution in [0.4, 0.5) is 11.4 Å². The molecule has 0 spiro atoms. The van der Waals surface area contributed by atoms with Crippen LogP contribution >= 0.6 is 23.2 Å². The van der Waals surface area contributed by atoms with E-state index in [1.165, 1.54) is 0 Å². The van der Waals surface area contributed by atoms with Crippen LogP contribution in [0.1, 0.15) is 22.3 Å². The zero-order chi connectivity index (χ0) is 27.0. The maximum absolute atomic E-state index is 11.5. The van der Waals surface area contributed by atoms with Gasteiger partial charge in [0.2, 0.25) is 0 Å². The lowest BCUT2D eigenvalue weighted by Crippen LogP contribution is -1.99. The number of aromatic hydroxyl groups is 2. The molecule has 0 aromatic heterocycles. The number of hydrogen-bond acceptors (Lipinski definition) is 8. The van der Waals surface area contributed by atoms with E-state index in [1.54, 1.807) is 26.0 Å². The number of benzene rings is 3. The van der Waals surface area contributed by atoms with Gasteiger partial charge in [0.15, 0.2) is 0 Å². The lowest BCUT2D eigenvalue weighted by molar-refractivity contribution is 0.470. The summed E-state index contributed by atoms with van der Waals surface area (Å²) in [6.45, 7) is 3.60. The van der Waals surface area contributed by atoms with Crippen LogP contribution in [0.2, 0.25) is 10.0 Å². The van der Waals surface area contributed by atoms with Crippen molar-refractivity contribution in [1.82, 2.24) is 0 Å². The van der Waals surface area contributed by atoms with Gasteiger partial charge in [-0.3, -0.25) is 19.1 Å². The van der Waals surface area contributed by atoms with Crippen LogP contribution in [0.5, 0.6) is 11.5 Å². The smallest absolute Gasteiger partial charge is 0.294 e. The largest absolute Gasteiger partial charge is 0.506 e. The third-order valence-electron chi connectivity index (χ3n) is 5.00. The fraction of sp³-hybridized carbons (Fsp3) is 0.0909. The summed E-state index contributed by atoms with van der Waals surface area (Å²) >= 11 is 11.7. The number of phenols is 2. The second-order valence-corrected chi connectivity index (χ2v) is 11.2. The quantitative estimate of drug-likeness (QED) is 0.235. The molecule has 0 aliphatic carbocycles. The predicted molar refractivity (Wildman–Crippen MR) is 136 cm³/mol. The molecule has 14 heteroatoms. The number of hydrogen-bond donors (Lipinski definition) is 4. The zero-order valence-electron chi connectivity index (χ0n) is 18.5. The molecule has 4 N–H and O–H groups in total. The molecule has 0 heterocycles. The highest BCUT2D eigenvalue weighted by molar-refractivity contribution is 7.86. The van der Waals surface area contributed by atoms with Crippen molar-refractivity contribution in [1.29, 1.82) is 0 Å². The molecule has 3 aromatic rings. The minimum Gasteiger partial charge on any atom is -0.506 e. The molecule has 0 atom stereocenters. The Morgan fingerprint density at radius 3 is 1.31 bits per heavy atom. The van der Waals surface area contributed by atoms with Gasteiger partial charge in [-0.1, -0.05) is 23.2 Å². The summed E-state index contributed by atoms with van der Waals surface area (Å²) < 4.78 is 64.5. The molecule has 36 heavy (non-hydrogen) atoms. The molecule has 0 saturated heterocycles. The standard InChI is InChI=1S/C22H18Cl2N2O8S2/c1-11-3-19(25-9-13-5-15(35(29,30)31)7-17(23)21(13)27)20(4-12(11)2)26-10-14-6-16(36(32,33)34)8-18(24)22(14)28/h3-10,27-28H,1-2H3,(H,29,30,31)(H,32,33,34). The molecule has 0 saturated carbocycles. The summed E-state index contributed by atoms with van der Waals surface area (Å²) in [6, 6.07) is 7.01. The summed E-state index contributed by atoms with van der Waals surface area (Å²) in [5.41, 5.74) is 1.92. The Hall–Kier alpha value is -3.00. The third-order valence-corrected chi connectivity index (χ3v) is 7.24. The summed E-state index contributed by atoms with van der Waals surface area (Å²) in [5.74, 6) is -0.938. The normalized spacial score (nSPS) is 12.6. The number of phenolic OH excluding ortho intramolecular Hbond substituents is 2. The average Bonchev–Trinajstić information content (AvgIpc) is 2.76. The van der Waals surface area contributed by atoms with Gasteiger partial charge < -0.3 is 10.2 Å². The Labute approximate surface area is 216 Å². The van der Waals surface area contributed by atoms with Crippen molar-refractivity contribution in [3.8, 4) is 11.5 Å². The predicted octanol–water partition coefficient (Wildman–Crippen LogP) is 5.02. The van der Waals surface area contributed by atoms with Gasteiger partial charge in [0.05, 0.1) is 31.2 Å². The second kappa shape index (κ2) is 10.2. The van der Waals surface area contributed by atoms with E-state index in [-0.39, 0.29) is 32.5 Å². The second-order valence-electron chi connectivity index (χ2n) is 7.58. The van der Waals surface area contributed by atoms with E-state index in [2.05, 4.69) is 9.98 Å². The van der Waals surface area contributed by atoms with Crippen molar-refractivity contribution in [2.24, 2.45) is 9.98 Å². The number of aliphatic imine (C=N–C) groups is 2. The lowest BCUT2D eigenvalue weighted by atomic mass is 10.1. The molecule has 3 rings (SSSR count). The number of rotatable bonds is 6. The van der Waals surface area contributed by atoms with Crippen LogP contribution in [0.3, 0.4) is 0 Å². The highest BCUT2D eigenvalue weighted by Gasteiger charge is 2.17.